The Morgan fingerprint density at radius 1 is 1.23 bits per heavy atom. The summed E-state index contributed by atoms with van der Waals surface area (Å²) in [5.41, 5.74) is 6.48. The van der Waals surface area contributed by atoms with Crippen LogP contribution in [0.25, 0.3) is 27.7 Å². The van der Waals surface area contributed by atoms with Gasteiger partial charge >= 0.3 is 0 Å². The number of halogens is 1. The smallest absolute Gasteiger partial charge is 0.273 e. The number of aromatic nitrogens is 3. The molecule has 0 bridgehead atoms. The summed E-state index contributed by atoms with van der Waals surface area (Å²) in [6.07, 6.45) is 4.48. The van der Waals surface area contributed by atoms with E-state index in [9.17, 15) is 9.18 Å². The Morgan fingerprint density at radius 3 is 2.87 bits per heavy atom. The van der Waals surface area contributed by atoms with Crippen LogP contribution in [0.3, 0.4) is 0 Å². The van der Waals surface area contributed by atoms with E-state index in [1.54, 1.807) is 35.2 Å². The van der Waals surface area contributed by atoms with Crippen molar-refractivity contribution in [2.45, 2.75) is 6.42 Å². The van der Waals surface area contributed by atoms with Crippen LogP contribution >= 0.6 is 11.3 Å². The van der Waals surface area contributed by atoms with E-state index >= 15 is 0 Å². The van der Waals surface area contributed by atoms with Gasteiger partial charge in [0.25, 0.3) is 5.91 Å². The zero-order valence-electron chi connectivity index (χ0n) is 16.8. The lowest BCUT2D eigenvalue weighted by molar-refractivity contribution is 0.0768. The standard InChI is InChI=1S/C23H19FN4O2S/c1-30-21-3-2-15(24)10-17(21)16-4-7-25-22-18(16)11-19(27-22)14-5-8-28(9-6-14)23(29)20-12-31-13-26-20/h2-5,7,10-13H,6,8-9H2,1H3,(H,25,27). The van der Waals surface area contributed by atoms with E-state index < -0.39 is 0 Å². The Hall–Kier alpha value is -3.52. The predicted octanol–water partition coefficient (Wildman–Crippen LogP) is 4.76. The lowest BCUT2D eigenvalue weighted by Crippen LogP contribution is -2.34. The topological polar surface area (TPSA) is 71.1 Å². The van der Waals surface area contributed by atoms with E-state index in [1.165, 1.54) is 23.5 Å². The van der Waals surface area contributed by atoms with Gasteiger partial charge in [-0.05, 0) is 47.9 Å². The van der Waals surface area contributed by atoms with Crippen LogP contribution in [0.2, 0.25) is 0 Å². The summed E-state index contributed by atoms with van der Waals surface area (Å²) in [6.45, 7) is 1.15. The maximum Gasteiger partial charge on any atom is 0.273 e. The Balaban J connectivity index is 1.47. The van der Waals surface area contributed by atoms with Gasteiger partial charge in [0.1, 0.15) is 22.9 Å². The van der Waals surface area contributed by atoms with Gasteiger partial charge < -0.3 is 14.6 Å². The number of methoxy groups -OCH3 is 1. The highest BCUT2D eigenvalue weighted by molar-refractivity contribution is 7.07. The highest BCUT2D eigenvalue weighted by atomic mass is 32.1. The van der Waals surface area contributed by atoms with Gasteiger partial charge in [-0.25, -0.2) is 14.4 Å². The first-order chi connectivity index (χ1) is 15.1. The first kappa shape index (κ1) is 19.4. The van der Waals surface area contributed by atoms with Gasteiger partial charge in [-0.2, -0.15) is 0 Å². The number of pyridine rings is 1. The van der Waals surface area contributed by atoms with Crippen molar-refractivity contribution in [2.24, 2.45) is 0 Å². The van der Waals surface area contributed by atoms with Crippen molar-refractivity contribution in [3.8, 4) is 16.9 Å². The van der Waals surface area contributed by atoms with Crippen molar-refractivity contribution < 1.29 is 13.9 Å². The maximum absolute atomic E-state index is 13.9. The molecular weight excluding hydrogens is 415 g/mol. The average Bonchev–Trinajstić information content (AvgIpc) is 3.48. The summed E-state index contributed by atoms with van der Waals surface area (Å²) in [5, 5.41) is 2.66. The molecule has 6 nitrogen and oxygen atoms in total. The molecule has 1 aliphatic heterocycles. The lowest BCUT2D eigenvalue weighted by atomic mass is 10.0. The first-order valence-corrected chi connectivity index (χ1v) is 10.8. The molecule has 0 unspecified atom stereocenters. The minimum atomic E-state index is -0.323. The molecule has 0 fully saturated rings. The fourth-order valence-electron chi connectivity index (χ4n) is 3.90. The van der Waals surface area contributed by atoms with Gasteiger partial charge in [0, 0.05) is 41.3 Å². The number of hydrogen-bond acceptors (Lipinski definition) is 5. The number of rotatable bonds is 4. The van der Waals surface area contributed by atoms with Gasteiger partial charge in [-0.1, -0.05) is 6.08 Å². The second-order valence-corrected chi connectivity index (χ2v) is 7.97. The number of H-pyrrole nitrogens is 1. The summed E-state index contributed by atoms with van der Waals surface area (Å²) in [5.74, 6) is 0.233. The van der Waals surface area contributed by atoms with Gasteiger partial charge in [-0.3, -0.25) is 4.79 Å². The number of ether oxygens (including phenoxy) is 1. The van der Waals surface area contributed by atoms with E-state index in [0.29, 0.717) is 30.1 Å². The van der Waals surface area contributed by atoms with Gasteiger partial charge in [0.2, 0.25) is 0 Å². The molecule has 3 aromatic heterocycles. The molecule has 1 amide bonds. The highest BCUT2D eigenvalue weighted by Gasteiger charge is 2.22. The molecule has 4 aromatic rings. The molecule has 8 heteroatoms. The molecule has 4 heterocycles. The fraction of sp³-hybridized carbons (Fsp3) is 0.174. The number of benzene rings is 1. The molecular formula is C23H19FN4O2S. The second-order valence-electron chi connectivity index (χ2n) is 7.25. The van der Waals surface area contributed by atoms with Crippen LogP contribution in [0.4, 0.5) is 4.39 Å². The van der Waals surface area contributed by atoms with Crippen LogP contribution in [0.5, 0.6) is 5.75 Å². The lowest BCUT2D eigenvalue weighted by Gasteiger charge is -2.25. The third-order valence-electron chi connectivity index (χ3n) is 5.48. The molecule has 0 saturated heterocycles. The van der Waals surface area contributed by atoms with Gasteiger partial charge in [0.15, 0.2) is 0 Å². The molecule has 0 spiro atoms. The maximum atomic E-state index is 13.9. The molecule has 0 saturated carbocycles. The molecule has 0 atom stereocenters. The van der Waals surface area contributed by atoms with E-state index in [-0.39, 0.29) is 11.7 Å². The van der Waals surface area contributed by atoms with E-state index in [2.05, 4.69) is 21.0 Å². The van der Waals surface area contributed by atoms with E-state index in [1.807, 2.05) is 12.1 Å². The van der Waals surface area contributed by atoms with Crippen molar-refractivity contribution in [2.75, 3.05) is 20.2 Å². The molecule has 5 rings (SSSR count). The summed E-state index contributed by atoms with van der Waals surface area (Å²) < 4.78 is 19.4. The zero-order chi connectivity index (χ0) is 21.4. The number of fused-ring (bicyclic) bond motifs is 1. The zero-order valence-corrected chi connectivity index (χ0v) is 17.6. The summed E-state index contributed by atoms with van der Waals surface area (Å²) in [6, 6.07) is 8.38. The van der Waals surface area contributed by atoms with Gasteiger partial charge in [-0.15, -0.1) is 11.3 Å². The quantitative estimate of drug-likeness (QED) is 0.503. The molecule has 0 radical (unpaired) electrons. The second kappa shape index (κ2) is 7.96. The minimum Gasteiger partial charge on any atom is -0.496 e. The van der Waals surface area contributed by atoms with Crippen molar-refractivity contribution in [3.05, 3.63) is 70.7 Å². The Bertz CT molecular complexity index is 1300. The summed E-state index contributed by atoms with van der Waals surface area (Å²) in [4.78, 5) is 26.2. The number of thiazole rings is 1. The molecule has 156 valence electrons. The van der Waals surface area contributed by atoms with Crippen LogP contribution < -0.4 is 4.74 Å². The van der Waals surface area contributed by atoms with Crippen LogP contribution in [0.1, 0.15) is 22.6 Å². The molecule has 1 aromatic carbocycles. The van der Waals surface area contributed by atoms with Gasteiger partial charge in [0.05, 0.1) is 12.6 Å². The predicted molar refractivity (Wildman–Crippen MR) is 119 cm³/mol. The Kier molecular flexibility index (Phi) is 4.99. The van der Waals surface area contributed by atoms with Crippen molar-refractivity contribution in [3.63, 3.8) is 0 Å². The third-order valence-corrected chi connectivity index (χ3v) is 6.06. The largest absolute Gasteiger partial charge is 0.496 e. The molecule has 31 heavy (non-hydrogen) atoms. The van der Waals surface area contributed by atoms with Crippen molar-refractivity contribution in [1.29, 1.82) is 0 Å². The number of aromatic amines is 1. The normalized spacial score (nSPS) is 14.0. The molecule has 0 aliphatic carbocycles. The average molecular weight is 434 g/mol. The first-order valence-electron chi connectivity index (χ1n) is 9.82. The van der Waals surface area contributed by atoms with Crippen LogP contribution in [0.15, 0.2) is 53.5 Å². The minimum absolute atomic E-state index is 0.0460. The number of nitrogens with one attached hydrogen (secondary N) is 1. The highest BCUT2D eigenvalue weighted by Crippen LogP contribution is 2.36. The number of amides is 1. The third kappa shape index (κ3) is 3.59. The monoisotopic (exact) mass is 434 g/mol. The Labute approximate surface area is 182 Å². The van der Waals surface area contributed by atoms with Crippen LogP contribution in [0, 0.1) is 5.82 Å². The Morgan fingerprint density at radius 2 is 2.13 bits per heavy atom. The number of nitrogens with zero attached hydrogens (tertiary/aromatic N) is 3. The molecule has 1 N–H and O–H groups in total. The fourth-order valence-corrected chi connectivity index (χ4v) is 4.43. The molecule has 1 aliphatic rings. The SMILES string of the molecule is COc1ccc(F)cc1-c1ccnc2[nH]c(C3=CCN(C(=O)c4cscn4)CC3)cc12. The van der Waals surface area contributed by atoms with Crippen LogP contribution in [-0.2, 0) is 0 Å². The summed E-state index contributed by atoms with van der Waals surface area (Å²) in [7, 11) is 1.57. The van der Waals surface area contributed by atoms with Crippen molar-refractivity contribution >= 4 is 33.9 Å². The number of hydrogen-bond donors (Lipinski definition) is 1. The van der Waals surface area contributed by atoms with E-state index in [4.69, 9.17) is 4.74 Å². The number of carbonyl (C=O) groups is 1. The van der Waals surface area contributed by atoms with Crippen LogP contribution in [-0.4, -0.2) is 46.0 Å². The van der Waals surface area contributed by atoms with Crippen molar-refractivity contribution in [1.82, 2.24) is 19.9 Å². The van der Waals surface area contributed by atoms with E-state index in [0.717, 1.165) is 34.3 Å². The number of carbonyl (C=O) groups excluding carboxylic acids is 1. The summed E-state index contributed by atoms with van der Waals surface area (Å²) >= 11 is 1.42.